The molecule has 166 valence electrons. The molecule has 3 amide bonds. The summed E-state index contributed by atoms with van der Waals surface area (Å²) in [6.45, 7) is -0.576. The Bertz CT molecular complexity index is 1140. The van der Waals surface area contributed by atoms with Crippen LogP contribution < -0.4 is 10.2 Å². The van der Waals surface area contributed by atoms with Crippen LogP contribution in [0.5, 0.6) is 0 Å². The highest BCUT2D eigenvalue weighted by molar-refractivity contribution is 6.33. The summed E-state index contributed by atoms with van der Waals surface area (Å²) < 4.78 is 51.9. The lowest BCUT2D eigenvalue weighted by atomic mass is 10.1. The van der Waals surface area contributed by atoms with E-state index in [1.54, 1.807) is 0 Å². The maximum absolute atomic E-state index is 13.2. The molecule has 4 rings (SSSR count). The number of alkyl halides is 3. The summed E-state index contributed by atoms with van der Waals surface area (Å²) in [5, 5.41) is 10.5. The highest BCUT2D eigenvalue weighted by Crippen LogP contribution is 2.34. The van der Waals surface area contributed by atoms with Crippen molar-refractivity contribution >= 4 is 40.7 Å². The molecule has 0 spiro atoms. The molecule has 8 nitrogen and oxygen atoms in total. The lowest BCUT2D eigenvalue weighted by molar-refractivity contribution is -0.137. The first-order valence-electron chi connectivity index (χ1n) is 9.03. The normalized spacial score (nSPS) is 20.2. The van der Waals surface area contributed by atoms with Gasteiger partial charge in [0, 0.05) is 0 Å². The van der Waals surface area contributed by atoms with E-state index in [1.807, 2.05) is 0 Å². The second-order valence-electron chi connectivity index (χ2n) is 6.92. The van der Waals surface area contributed by atoms with Crippen molar-refractivity contribution in [3.8, 4) is 0 Å². The minimum absolute atomic E-state index is 0.123. The molecule has 2 aromatic rings. The standard InChI is InChI=1S/C19H12ClF4N5O3/c20-12-6-1-9(19(22,23)24)7-13(12)25-14(30)8-28-16-15(26-27-28)17(31)29(18(16)32)11-4-2-10(21)3-5-11/h1-7,15-16H,8H2,(H,25,30)/t15-,16+/m1/s1. The number of halogens is 5. The molecule has 2 aromatic carbocycles. The van der Waals surface area contributed by atoms with Gasteiger partial charge in [0.2, 0.25) is 5.91 Å². The third-order valence-corrected chi connectivity index (χ3v) is 5.15. The fraction of sp³-hybridized carbons (Fsp3) is 0.211. The predicted molar refractivity (Wildman–Crippen MR) is 103 cm³/mol. The number of benzene rings is 2. The van der Waals surface area contributed by atoms with Crippen LogP contribution in [0.25, 0.3) is 0 Å². The van der Waals surface area contributed by atoms with Crippen LogP contribution in [0.2, 0.25) is 5.02 Å². The number of nitrogens with zero attached hydrogens (tertiary/aromatic N) is 4. The number of hydrogen-bond donors (Lipinski definition) is 1. The third-order valence-electron chi connectivity index (χ3n) is 4.82. The molecule has 1 fully saturated rings. The largest absolute Gasteiger partial charge is 0.416 e. The maximum atomic E-state index is 13.2. The molecule has 0 aliphatic carbocycles. The van der Waals surface area contributed by atoms with Gasteiger partial charge in [0.15, 0.2) is 12.1 Å². The van der Waals surface area contributed by atoms with Crippen LogP contribution in [0.3, 0.4) is 0 Å². The van der Waals surface area contributed by atoms with Crippen molar-refractivity contribution in [3.05, 3.63) is 58.9 Å². The van der Waals surface area contributed by atoms with E-state index >= 15 is 0 Å². The Balaban J connectivity index is 1.49. The summed E-state index contributed by atoms with van der Waals surface area (Å²) in [7, 11) is 0. The maximum Gasteiger partial charge on any atom is 0.416 e. The molecule has 0 radical (unpaired) electrons. The van der Waals surface area contributed by atoms with Gasteiger partial charge in [0.1, 0.15) is 12.4 Å². The van der Waals surface area contributed by atoms with E-state index in [2.05, 4.69) is 15.7 Å². The Kier molecular flexibility index (Phi) is 5.33. The molecular weight excluding hydrogens is 458 g/mol. The van der Waals surface area contributed by atoms with Crippen LogP contribution in [-0.2, 0) is 20.6 Å². The van der Waals surface area contributed by atoms with Crippen molar-refractivity contribution < 1.29 is 31.9 Å². The van der Waals surface area contributed by atoms with Gasteiger partial charge in [0.25, 0.3) is 11.8 Å². The second kappa shape index (κ2) is 7.86. The molecular formula is C19H12ClF4N5O3. The zero-order chi connectivity index (χ0) is 23.2. The van der Waals surface area contributed by atoms with E-state index < -0.39 is 53.9 Å². The molecule has 32 heavy (non-hydrogen) atoms. The number of amides is 3. The average Bonchev–Trinajstić information content (AvgIpc) is 3.23. The Morgan fingerprint density at radius 2 is 1.78 bits per heavy atom. The van der Waals surface area contributed by atoms with Crippen molar-refractivity contribution in [2.24, 2.45) is 10.3 Å². The highest BCUT2D eigenvalue weighted by Gasteiger charge is 2.55. The quantitative estimate of drug-likeness (QED) is 0.548. The average molecular weight is 470 g/mol. The van der Waals surface area contributed by atoms with E-state index in [0.29, 0.717) is 6.07 Å². The Morgan fingerprint density at radius 1 is 1.09 bits per heavy atom. The number of rotatable bonds is 4. The van der Waals surface area contributed by atoms with Crippen LogP contribution in [-0.4, -0.2) is 41.4 Å². The van der Waals surface area contributed by atoms with Gasteiger partial charge in [0.05, 0.1) is 22.0 Å². The SMILES string of the molecule is O=C(CN1N=N[C@H]2C(=O)N(c3ccc(F)cc3)C(=O)[C@H]21)Nc1cc(C(F)(F)F)ccc1Cl. The Morgan fingerprint density at radius 3 is 2.44 bits per heavy atom. The van der Waals surface area contributed by atoms with Crippen molar-refractivity contribution in [1.82, 2.24) is 5.01 Å². The number of fused-ring (bicyclic) bond motifs is 1. The zero-order valence-electron chi connectivity index (χ0n) is 15.8. The van der Waals surface area contributed by atoms with Gasteiger partial charge in [-0.25, -0.2) is 9.29 Å². The fourth-order valence-corrected chi connectivity index (χ4v) is 3.50. The summed E-state index contributed by atoms with van der Waals surface area (Å²) in [5.74, 6) is -2.80. The predicted octanol–water partition coefficient (Wildman–Crippen LogP) is 3.43. The lowest BCUT2D eigenvalue weighted by Gasteiger charge is -2.20. The molecule has 0 bridgehead atoms. The van der Waals surface area contributed by atoms with Crippen molar-refractivity contribution in [2.45, 2.75) is 18.3 Å². The molecule has 13 heteroatoms. The fourth-order valence-electron chi connectivity index (χ4n) is 3.33. The lowest BCUT2D eigenvalue weighted by Crippen LogP contribution is -2.43. The smallest absolute Gasteiger partial charge is 0.323 e. The number of anilines is 2. The van der Waals surface area contributed by atoms with Gasteiger partial charge in [-0.1, -0.05) is 16.8 Å². The van der Waals surface area contributed by atoms with Gasteiger partial charge in [-0.05, 0) is 42.5 Å². The second-order valence-corrected chi connectivity index (χ2v) is 7.33. The Hall–Kier alpha value is -3.54. The van der Waals surface area contributed by atoms with E-state index in [1.165, 1.54) is 12.1 Å². The van der Waals surface area contributed by atoms with Gasteiger partial charge in [-0.3, -0.25) is 19.4 Å². The summed E-state index contributed by atoms with van der Waals surface area (Å²) in [4.78, 5) is 38.6. The number of imide groups is 1. The number of nitrogens with one attached hydrogen (secondary N) is 1. The first kappa shape index (κ1) is 21.7. The van der Waals surface area contributed by atoms with E-state index in [-0.39, 0.29) is 16.4 Å². The van der Waals surface area contributed by atoms with Crippen LogP contribution in [0.1, 0.15) is 5.56 Å². The van der Waals surface area contributed by atoms with Gasteiger partial charge in [-0.15, -0.1) is 0 Å². The van der Waals surface area contributed by atoms with Crippen molar-refractivity contribution in [3.63, 3.8) is 0 Å². The van der Waals surface area contributed by atoms with Gasteiger partial charge < -0.3 is 5.32 Å². The molecule has 2 aliphatic heterocycles. The first-order chi connectivity index (χ1) is 15.1. The highest BCUT2D eigenvalue weighted by atomic mass is 35.5. The third kappa shape index (κ3) is 3.88. The topological polar surface area (TPSA) is 94.4 Å². The van der Waals surface area contributed by atoms with Crippen LogP contribution in [0.15, 0.2) is 52.8 Å². The first-order valence-corrected chi connectivity index (χ1v) is 9.41. The van der Waals surface area contributed by atoms with E-state index in [4.69, 9.17) is 11.6 Å². The summed E-state index contributed by atoms with van der Waals surface area (Å²) in [5.41, 5.74) is -1.16. The molecule has 0 unspecified atom stereocenters. The van der Waals surface area contributed by atoms with Crippen molar-refractivity contribution in [2.75, 3.05) is 16.8 Å². The molecule has 2 atom stereocenters. The molecule has 2 heterocycles. The van der Waals surface area contributed by atoms with E-state index in [9.17, 15) is 31.9 Å². The minimum atomic E-state index is -4.64. The summed E-state index contributed by atoms with van der Waals surface area (Å²) in [6.07, 6.45) is -4.64. The van der Waals surface area contributed by atoms with Crippen LogP contribution in [0, 0.1) is 5.82 Å². The summed E-state index contributed by atoms with van der Waals surface area (Å²) >= 11 is 5.87. The molecule has 0 aromatic heterocycles. The number of carbonyl (C=O) groups is 3. The van der Waals surface area contributed by atoms with Gasteiger partial charge >= 0.3 is 6.18 Å². The number of hydrogen-bond acceptors (Lipinski definition) is 6. The zero-order valence-corrected chi connectivity index (χ0v) is 16.6. The molecule has 1 saturated heterocycles. The van der Waals surface area contributed by atoms with Crippen LogP contribution in [0.4, 0.5) is 28.9 Å². The molecule has 1 N–H and O–H groups in total. The van der Waals surface area contributed by atoms with E-state index in [0.717, 1.165) is 34.2 Å². The monoisotopic (exact) mass is 469 g/mol. The molecule has 0 saturated carbocycles. The number of carbonyl (C=O) groups excluding carboxylic acids is 3. The van der Waals surface area contributed by atoms with Gasteiger partial charge in [-0.2, -0.15) is 18.3 Å². The van der Waals surface area contributed by atoms with Crippen LogP contribution >= 0.6 is 11.6 Å². The minimum Gasteiger partial charge on any atom is -0.323 e. The van der Waals surface area contributed by atoms with Crippen molar-refractivity contribution in [1.29, 1.82) is 0 Å². The summed E-state index contributed by atoms with van der Waals surface area (Å²) in [6, 6.07) is 4.68. The molecule has 2 aliphatic rings. The Labute approximate surface area is 182 Å².